The Morgan fingerprint density at radius 2 is 2.22 bits per heavy atom. The molecular formula is C14H21ClN2O. The fourth-order valence-electron chi connectivity index (χ4n) is 2.30. The van der Waals surface area contributed by atoms with Crippen LogP contribution in [0.1, 0.15) is 18.9 Å². The van der Waals surface area contributed by atoms with Crippen molar-refractivity contribution < 1.29 is 4.74 Å². The van der Waals surface area contributed by atoms with Gasteiger partial charge in [0.15, 0.2) is 0 Å². The van der Waals surface area contributed by atoms with Crippen LogP contribution in [-0.2, 0) is 6.54 Å². The number of rotatable bonds is 6. The van der Waals surface area contributed by atoms with Crippen molar-refractivity contribution in [3.05, 3.63) is 28.8 Å². The van der Waals surface area contributed by atoms with Crippen LogP contribution in [-0.4, -0.2) is 37.7 Å². The third-order valence-corrected chi connectivity index (χ3v) is 3.64. The van der Waals surface area contributed by atoms with Gasteiger partial charge in [-0.2, -0.15) is 0 Å². The smallest absolute Gasteiger partial charge is 0.123 e. The van der Waals surface area contributed by atoms with Crippen LogP contribution in [0.4, 0.5) is 0 Å². The molecule has 1 N–H and O–H groups in total. The van der Waals surface area contributed by atoms with Crippen LogP contribution < -0.4 is 10.1 Å². The van der Waals surface area contributed by atoms with E-state index in [1.54, 1.807) is 7.11 Å². The number of halogens is 1. The fourth-order valence-corrected chi connectivity index (χ4v) is 2.49. The molecule has 1 aliphatic rings. The van der Waals surface area contributed by atoms with Gasteiger partial charge in [0, 0.05) is 36.3 Å². The van der Waals surface area contributed by atoms with E-state index < -0.39 is 0 Å². The number of nitrogens with zero attached hydrogens (tertiary/aromatic N) is 1. The first kappa shape index (κ1) is 13.7. The predicted octanol–water partition coefficient (Wildman–Crippen LogP) is 2.53. The standard InChI is InChI=1S/C14H21ClN2O/c1-3-6-17(13-8-16-9-13)10-11-7-12(15)4-5-14(11)18-2/h4-5,7,13,16H,3,6,8-10H2,1-2H3. The average Bonchev–Trinajstić information content (AvgIpc) is 2.27. The number of hydrogen-bond acceptors (Lipinski definition) is 3. The Morgan fingerprint density at radius 1 is 1.44 bits per heavy atom. The zero-order chi connectivity index (χ0) is 13.0. The quantitative estimate of drug-likeness (QED) is 0.858. The van der Waals surface area contributed by atoms with E-state index in [-0.39, 0.29) is 0 Å². The van der Waals surface area contributed by atoms with Gasteiger partial charge < -0.3 is 10.1 Å². The molecule has 0 radical (unpaired) electrons. The zero-order valence-corrected chi connectivity index (χ0v) is 11.8. The lowest BCUT2D eigenvalue weighted by Gasteiger charge is -2.38. The minimum atomic E-state index is 0.647. The molecule has 1 aromatic rings. The lowest BCUT2D eigenvalue weighted by molar-refractivity contribution is 0.136. The summed E-state index contributed by atoms with van der Waals surface area (Å²) in [5, 5.41) is 4.10. The Kier molecular flexibility index (Phi) is 4.87. The van der Waals surface area contributed by atoms with E-state index in [0.717, 1.165) is 37.0 Å². The predicted molar refractivity (Wildman–Crippen MR) is 75.4 cm³/mol. The molecule has 4 heteroatoms. The summed E-state index contributed by atoms with van der Waals surface area (Å²) in [4.78, 5) is 2.50. The van der Waals surface area contributed by atoms with Gasteiger partial charge in [-0.25, -0.2) is 0 Å². The van der Waals surface area contributed by atoms with Gasteiger partial charge in [-0.15, -0.1) is 0 Å². The highest BCUT2D eigenvalue weighted by Crippen LogP contribution is 2.25. The molecule has 0 aromatic heterocycles. The van der Waals surface area contributed by atoms with Gasteiger partial charge in [0.25, 0.3) is 0 Å². The number of nitrogens with one attached hydrogen (secondary N) is 1. The van der Waals surface area contributed by atoms with Crippen LogP contribution >= 0.6 is 11.6 Å². The summed E-state index contributed by atoms with van der Waals surface area (Å²) < 4.78 is 5.41. The molecule has 18 heavy (non-hydrogen) atoms. The SMILES string of the molecule is CCCN(Cc1cc(Cl)ccc1OC)C1CNC1. The van der Waals surface area contributed by atoms with Gasteiger partial charge in [0.1, 0.15) is 5.75 Å². The molecule has 0 aliphatic carbocycles. The van der Waals surface area contributed by atoms with Gasteiger partial charge in [0.05, 0.1) is 7.11 Å². The first-order chi connectivity index (χ1) is 8.74. The van der Waals surface area contributed by atoms with Crippen molar-refractivity contribution in [2.24, 2.45) is 0 Å². The third kappa shape index (κ3) is 3.16. The van der Waals surface area contributed by atoms with Crippen LogP contribution in [0.25, 0.3) is 0 Å². The fraction of sp³-hybridized carbons (Fsp3) is 0.571. The normalized spacial score (nSPS) is 15.8. The second kappa shape index (κ2) is 6.41. The van der Waals surface area contributed by atoms with E-state index in [4.69, 9.17) is 16.3 Å². The van der Waals surface area contributed by atoms with E-state index in [9.17, 15) is 0 Å². The number of hydrogen-bond donors (Lipinski definition) is 1. The number of benzene rings is 1. The molecule has 0 atom stereocenters. The lowest BCUT2D eigenvalue weighted by Crippen LogP contribution is -2.56. The number of methoxy groups -OCH3 is 1. The molecule has 2 rings (SSSR count). The van der Waals surface area contributed by atoms with Gasteiger partial charge >= 0.3 is 0 Å². The van der Waals surface area contributed by atoms with Gasteiger partial charge in [-0.1, -0.05) is 18.5 Å². The van der Waals surface area contributed by atoms with Crippen molar-refractivity contribution in [1.82, 2.24) is 10.2 Å². The summed E-state index contributed by atoms with van der Waals surface area (Å²) in [6.45, 7) is 6.41. The van der Waals surface area contributed by atoms with Crippen molar-refractivity contribution in [2.75, 3.05) is 26.7 Å². The maximum atomic E-state index is 6.08. The number of ether oxygens (including phenoxy) is 1. The highest BCUT2D eigenvalue weighted by Gasteiger charge is 2.24. The van der Waals surface area contributed by atoms with Gasteiger partial charge in [-0.3, -0.25) is 4.90 Å². The van der Waals surface area contributed by atoms with Crippen LogP contribution in [0.3, 0.4) is 0 Å². The highest BCUT2D eigenvalue weighted by atomic mass is 35.5. The van der Waals surface area contributed by atoms with Crippen molar-refractivity contribution in [3.63, 3.8) is 0 Å². The molecular weight excluding hydrogens is 248 g/mol. The van der Waals surface area contributed by atoms with Gasteiger partial charge in [-0.05, 0) is 31.2 Å². The zero-order valence-electron chi connectivity index (χ0n) is 11.1. The first-order valence-corrected chi connectivity index (χ1v) is 6.89. The van der Waals surface area contributed by atoms with E-state index in [1.807, 2.05) is 18.2 Å². The Morgan fingerprint density at radius 3 is 2.78 bits per heavy atom. The van der Waals surface area contributed by atoms with Gasteiger partial charge in [0.2, 0.25) is 0 Å². The van der Waals surface area contributed by atoms with E-state index in [1.165, 1.54) is 12.0 Å². The average molecular weight is 269 g/mol. The first-order valence-electron chi connectivity index (χ1n) is 6.51. The highest BCUT2D eigenvalue weighted by molar-refractivity contribution is 6.30. The maximum absolute atomic E-state index is 6.08. The Labute approximate surface area is 114 Å². The molecule has 1 aliphatic heterocycles. The Balaban J connectivity index is 2.11. The van der Waals surface area contributed by atoms with Crippen LogP contribution in [0.15, 0.2) is 18.2 Å². The summed E-state index contributed by atoms with van der Waals surface area (Å²) in [5.41, 5.74) is 1.17. The van der Waals surface area contributed by atoms with Crippen LogP contribution in [0.5, 0.6) is 5.75 Å². The van der Waals surface area contributed by atoms with Crippen LogP contribution in [0, 0.1) is 0 Å². The summed E-state index contributed by atoms with van der Waals surface area (Å²) in [5.74, 6) is 0.924. The molecule has 100 valence electrons. The largest absolute Gasteiger partial charge is 0.496 e. The Bertz CT molecular complexity index is 393. The molecule has 0 saturated carbocycles. The third-order valence-electron chi connectivity index (χ3n) is 3.40. The van der Waals surface area contributed by atoms with Crippen molar-refractivity contribution in [1.29, 1.82) is 0 Å². The van der Waals surface area contributed by atoms with E-state index in [2.05, 4.69) is 17.1 Å². The van der Waals surface area contributed by atoms with Crippen molar-refractivity contribution >= 4 is 11.6 Å². The molecule has 0 bridgehead atoms. The Hall–Kier alpha value is -0.770. The lowest BCUT2D eigenvalue weighted by atomic mass is 10.1. The monoisotopic (exact) mass is 268 g/mol. The van der Waals surface area contributed by atoms with E-state index >= 15 is 0 Å². The second-order valence-corrected chi connectivity index (χ2v) is 5.18. The molecule has 3 nitrogen and oxygen atoms in total. The summed E-state index contributed by atoms with van der Waals surface area (Å²) in [7, 11) is 1.71. The van der Waals surface area contributed by atoms with Crippen LogP contribution in [0.2, 0.25) is 5.02 Å². The van der Waals surface area contributed by atoms with Crippen molar-refractivity contribution in [3.8, 4) is 5.75 Å². The molecule has 0 spiro atoms. The minimum absolute atomic E-state index is 0.647. The van der Waals surface area contributed by atoms with E-state index in [0.29, 0.717) is 6.04 Å². The molecule has 1 aromatic carbocycles. The summed E-state index contributed by atoms with van der Waals surface area (Å²) in [6.07, 6.45) is 1.17. The molecule has 1 heterocycles. The minimum Gasteiger partial charge on any atom is -0.496 e. The molecule has 1 saturated heterocycles. The second-order valence-electron chi connectivity index (χ2n) is 4.74. The van der Waals surface area contributed by atoms with Crippen molar-refractivity contribution in [2.45, 2.75) is 25.9 Å². The molecule has 1 fully saturated rings. The molecule has 0 amide bonds. The summed E-state index contributed by atoms with van der Waals surface area (Å²) >= 11 is 6.08. The maximum Gasteiger partial charge on any atom is 0.123 e. The summed E-state index contributed by atoms with van der Waals surface area (Å²) in [6, 6.07) is 6.48. The molecule has 0 unspecified atom stereocenters. The topological polar surface area (TPSA) is 24.5 Å².